The Morgan fingerprint density at radius 1 is 1.33 bits per heavy atom. The van der Waals surface area contributed by atoms with E-state index < -0.39 is 23.6 Å². The van der Waals surface area contributed by atoms with E-state index in [-0.39, 0.29) is 24.7 Å². The summed E-state index contributed by atoms with van der Waals surface area (Å²) in [5.74, 6) is -3.21. The fourth-order valence-electron chi connectivity index (χ4n) is 2.69. The lowest BCUT2D eigenvalue weighted by atomic mass is 10.0. The first-order chi connectivity index (χ1) is 9.90. The molecule has 1 aromatic carbocycles. The van der Waals surface area contributed by atoms with Gasteiger partial charge in [0.2, 0.25) is 5.91 Å². The van der Waals surface area contributed by atoms with Crippen LogP contribution >= 0.6 is 0 Å². The van der Waals surface area contributed by atoms with Gasteiger partial charge in [-0.3, -0.25) is 4.79 Å². The molecule has 1 N–H and O–H groups in total. The van der Waals surface area contributed by atoms with Gasteiger partial charge in [-0.25, -0.2) is 13.6 Å². The van der Waals surface area contributed by atoms with Crippen LogP contribution in [0, 0.1) is 17.6 Å². The first-order valence-electron chi connectivity index (χ1n) is 6.86. The van der Waals surface area contributed by atoms with Crippen molar-refractivity contribution in [2.75, 3.05) is 6.54 Å². The van der Waals surface area contributed by atoms with E-state index in [0.717, 1.165) is 12.1 Å². The molecule has 0 saturated carbocycles. The first kappa shape index (κ1) is 15.4. The van der Waals surface area contributed by atoms with Gasteiger partial charge < -0.3 is 10.0 Å². The SMILES string of the molecule is CC1CCN(C(=O)CCc2ccc(F)c(F)c2)C1C(=O)O. The fraction of sp³-hybridized carbons (Fsp3) is 0.467. The van der Waals surface area contributed by atoms with Crippen LogP contribution in [0.25, 0.3) is 0 Å². The summed E-state index contributed by atoms with van der Waals surface area (Å²) < 4.78 is 25.9. The summed E-state index contributed by atoms with van der Waals surface area (Å²) in [6, 6.07) is 2.71. The first-order valence-corrected chi connectivity index (χ1v) is 6.86. The van der Waals surface area contributed by atoms with Crippen molar-refractivity contribution in [3.63, 3.8) is 0 Å². The zero-order valence-corrected chi connectivity index (χ0v) is 11.7. The molecule has 1 amide bonds. The molecule has 1 aliphatic rings. The molecule has 0 spiro atoms. The molecule has 0 radical (unpaired) electrons. The predicted octanol–water partition coefficient (Wildman–Crippen LogP) is 2.22. The number of carbonyl (C=O) groups is 2. The van der Waals surface area contributed by atoms with Crippen LogP contribution in [0.5, 0.6) is 0 Å². The number of likely N-dealkylation sites (tertiary alicyclic amines) is 1. The average Bonchev–Trinajstić information content (AvgIpc) is 2.82. The molecule has 1 saturated heterocycles. The highest BCUT2D eigenvalue weighted by Gasteiger charge is 2.38. The molecular weight excluding hydrogens is 280 g/mol. The standard InChI is InChI=1S/C15H17F2NO3/c1-9-6-7-18(14(9)15(20)21)13(19)5-3-10-2-4-11(16)12(17)8-10/h2,4,8-9,14H,3,5-7H2,1H3,(H,20,21). The number of carboxylic acids is 1. The van der Waals surface area contributed by atoms with Crippen molar-refractivity contribution >= 4 is 11.9 Å². The second kappa shape index (κ2) is 6.20. The Balaban J connectivity index is 1.98. The molecule has 2 atom stereocenters. The van der Waals surface area contributed by atoms with Crippen molar-refractivity contribution in [3.8, 4) is 0 Å². The maximum Gasteiger partial charge on any atom is 0.326 e. The van der Waals surface area contributed by atoms with Gasteiger partial charge in [0.15, 0.2) is 11.6 Å². The number of carboxylic acid groups (broad SMARTS) is 1. The van der Waals surface area contributed by atoms with E-state index in [1.54, 1.807) is 6.92 Å². The number of hydrogen-bond donors (Lipinski definition) is 1. The van der Waals surface area contributed by atoms with Crippen molar-refractivity contribution < 1.29 is 23.5 Å². The van der Waals surface area contributed by atoms with E-state index in [1.165, 1.54) is 11.0 Å². The Hall–Kier alpha value is -1.98. The Bertz CT molecular complexity index is 562. The molecule has 0 bridgehead atoms. The molecule has 2 unspecified atom stereocenters. The largest absolute Gasteiger partial charge is 0.480 e. The van der Waals surface area contributed by atoms with Gasteiger partial charge in [0, 0.05) is 13.0 Å². The van der Waals surface area contributed by atoms with Crippen LogP contribution in [0.15, 0.2) is 18.2 Å². The molecule has 2 rings (SSSR count). The summed E-state index contributed by atoms with van der Waals surface area (Å²) in [4.78, 5) is 24.7. The lowest BCUT2D eigenvalue weighted by molar-refractivity contribution is -0.149. The van der Waals surface area contributed by atoms with Gasteiger partial charge in [0.1, 0.15) is 6.04 Å². The van der Waals surface area contributed by atoms with Crippen LogP contribution < -0.4 is 0 Å². The Morgan fingerprint density at radius 3 is 2.67 bits per heavy atom. The van der Waals surface area contributed by atoms with Crippen LogP contribution in [0.4, 0.5) is 8.78 Å². The summed E-state index contributed by atoms with van der Waals surface area (Å²) >= 11 is 0. The number of benzene rings is 1. The van der Waals surface area contributed by atoms with Crippen LogP contribution in [0.2, 0.25) is 0 Å². The number of amides is 1. The van der Waals surface area contributed by atoms with E-state index in [1.807, 2.05) is 0 Å². The molecule has 0 aromatic heterocycles. The predicted molar refractivity (Wildman–Crippen MR) is 71.6 cm³/mol. The van der Waals surface area contributed by atoms with Gasteiger partial charge >= 0.3 is 5.97 Å². The topological polar surface area (TPSA) is 57.6 Å². The average molecular weight is 297 g/mol. The van der Waals surface area contributed by atoms with Crippen molar-refractivity contribution in [3.05, 3.63) is 35.4 Å². The maximum absolute atomic E-state index is 13.1. The molecule has 1 heterocycles. The minimum absolute atomic E-state index is 0.0743. The number of rotatable bonds is 4. The van der Waals surface area contributed by atoms with Crippen LogP contribution in [0.1, 0.15) is 25.3 Å². The Morgan fingerprint density at radius 2 is 2.05 bits per heavy atom. The summed E-state index contributed by atoms with van der Waals surface area (Å²) in [6.07, 6.45) is 1.00. The molecular formula is C15H17F2NO3. The highest BCUT2D eigenvalue weighted by Crippen LogP contribution is 2.25. The number of carbonyl (C=O) groups excluding carboxylic acids is 1. The summed E-state index contributed by atoms with van der Waals surface area (Å²) in [6.45, 7) is 2.23. The van der Waals surface area contributed by atoms with Gasteiger partial charge in [-0.2, -0.15) is 0 Å². The Kier molecular flexibility index (Phi) is 4.55. The molecule has 1 aromatic rings. The minimum atomic E-state index is -0.999. The highest BCUT2D eigenvalue weighted by atomic mass is 19.2. The molecule has 0 aliphatic carbocycles. The zero-order chi connectivity index (χ0) is 15.6. The molecule has 114 valence electrons. The van der Waals surface area contributed by atoms with E-state index in [9.17, 15) is 23.5 Å². The van der Waals surface area contributed by atoms with Gasteiger partial charge in [-0.15, -0.1) is 0 Å². The van der Waals surface area contributed by atoms with Gasteiger partial charge in [0.25, 0.3) is 0 Å². The van der Waals surface area contributed by atoms with Crippen LogP contribution in [-0.4, -0.2) is 34.5 Å². The molecule has 1 aliphatic heterocycles. The van der Waals surface area contributed by atoms with Crippen molar-refractivity contribution in [1.82, 2.24) is 4.90 Å². The quantitative estimate of drug-likeness (QED) is 0.927. The normalized spacial score (nSPS) is 21.6. The van der Waals surface area contributed by atoms with Gasteiger partial charge in [-0.1, -0.05) is 13.0 Å². The minimum Gasteiger partial charge on any atom is -0.480 e. The number of hydrogen-bond acceptors (Lipinski definition) is 2. The third kappa shape index (κ3) is 3.37. The second-order valence-electron chi connectivity index (χ2n) is 5.38. The van der Waals surface area contributed by atoms with E-state index in [0.29, 0.717) is 18.5 Å². The fourth-order valence-corrected chi connectivity index (χ4v) is 2.69. The highest BCUT2D eigenvalue weighted by molar-refractivity contribution is 5.84. The molecule has 4 nitrogen and oxygen atoms in total. The summed E-state index contributed by atoms with van der Waals surface area (Å²) in [5.41, 5.74) is 0.515. The molecule has 1 fully saturated rings. The van der Waals surface area contributed by atoms with E-state index in [2.05, 4.69) is 0 Å². The van der Waals surface area contributed by atoms with Crippen molar-refractivity contribution in [1.29, 1.82) is 0 Å². The number of nitrogens with zero attached hydrogens (tertiary/aromatic N) is 1. The lowest BCUT2D eigenvalue weighted by Crippen LogP contribution is -2.42. The lowest BCUT2D eigenvalue weighted by Gasteiger charge is -2.23. The van der Waals surface area contributed by atoms with Crippen molar-refractivity contribution in [2.24, 2.45) is 5.92 Å². The van der Waals surface area contributed by atoms with Gasteiger partial charge in [0.05, 0.1) is 0 Å². The third-order valence-electron chi connectivity index (χ3n) is 3.89. The molecule has 6 heteroatoms. The summed E-state index contributed by atoms with van der Waals surface area (Å²) in [7, 11) is 0. The number of aryl methyl sites for hydroxylation is 1. The number of aliphatic carboxylic acids is 1. The maximum atomic E-state index is 13.1. The zero-order valence-electron chi connectivity index (χ0n) is 11.7. The van der Waals surface area contributed by atoms with Crippen LogP contribution in [-0.2, 0) is 16.0 Å². The number of halogens is 2. The van der Waals surface area contributed by atoms with E-state index in [4.69, 9.17) is 0 Å². The second-order valence-corrected chi connectivity index (χ2v) is 5.38. The summed E-state index contributed by atoms with van der Waals surface area (Å²) in [5, 5.41) is 9.17. The van der Waals surface area contributed by atoms with E-state index >= 15 is 0 Å². The monoisotopic (exact) mass is 297 g/mol. The smallest absolute Gasteiger partial charge is 0.326 e. The molecule has 21 heavy (non-hydrogen) atoms. The van der Waals surface area contributed by atoms with Crippen LogP contribution in [0.3, 0.4) is 0 Å². The Labute approximate surface area is 121 Å². The third-order valence-corrected chi connectivity index (χ3v) is 3.89. The van der Waals surface area contributed by atoms with Crippen molar-refractivity contribution in [2.45, 2.75) is 32.2 Å². The van der Waals surface area contributed by atoms with Gasteiger partial charge in [-0.05, 0) is 36.5 Å².